The van der Waals surface area contributed by atoms with Crippen molar-refractivity contribution in [3.05, 3.63) is 53.5 Å². The Morgan fingerprint density at radius 1 is 1.25 bits per heavy atom. The van der Waals surface area contributed by atoms with Crippen molar-refractivity contribution in [3.8, 4) is 0 Å². The molecule has 0 spiro atoms. The second kappa shape index (κ2) is 6.93. The van der Waals surface area contributed by atoms with E-state index in [1.54, 1.807) is 0 Å². The molecule has 1 N–H and O–H groups in total. The number of amides is 2. The van der Waals surface area contributed by atoms with Gasteiger partial charge in [0, 0.05) is 37.4 Å². The van der Waals surface area contributed by atoms with E-state index in [0.717, 1.165) is 55.0 Å². The number of imidazole rings is 1. The molecule has 0 bridgehead atoms. The summed E-state index contributed by atoms with van der Waals surface area (Å²) in [4.78, 5) is 24.0. The van der Waals surface area contributed by atoms with Crippen LogP contribution in [0.2, 0.25) is 0 Å². The van der Waals surface area contributed by atoms with Gasteiger partial charge in [-0.25, -0.2) is 14.8 Å². The molecule has 1 atom stereocenters. The maximum Gasteiger partial charge on any atom is 0.321 e. The number of carbonyl (C=O) groups is 1. The minimum absolute atomic E-state index is 0.0160. The number of likely N-dealkylation sites (tertiary alicyclic amines) is 1. The lowest BCUT2D eigenvalue weighted by Gasteiger charge is -2.18. The van der Waals surface area contributed by atoms with E-state index in [0.29, 0.717) is 6.54 Å². The molecule has 2 amide bonds. The van der Waals surface area contributed by atoms with Crippen LogP contribution in [0.1, 0.15) is 42.6 Å². The van der Waals surface area contributed by atoms with Gasteiger partial charge in [0.05, 0.1) is 0 Å². The Morgan fingerprint density at radius 2 is 2.14 bits per heavy atom. The largest absolute Gasteiger partial charge is 0.324 e. The van der Waals surface area contributed by atoms with Crippen molar-refractivity contribution < 1.29 is 4.79 Å². The highest BCUT2D eigenvalue weighted by Gasteiger charge is 2.31. The first kappa shape index (κ1) is 17.2. The summed E-state index contributed by atoms with van der Waals surface area (Å²) in [5, 5.41) is 3.09. The average molecular weight is 375 g/mol. The van der Waals surface area contributed by atoms with Crippen molar-refractivity contribution in [2.75, 3.05) is 18.4 Å². The SMILES string of the molecule is CCn1c([C@@H]2CCN(C(=O)Nc3ccc4c(c3)CCC4)C2)nc2cccnc21. The number of nitrogens with one attached hydrogen (secondary N) is 1. The van der Waals surface area contributed by atoms with E-state index in [1.165, 1.54) is 17.5 Å². The van der Waals surface area contributed by atoms with Crippen LogP contribution in [-0.2, 0) is 19.4 Å². The van der Waals surface area contributed by atoms with Crippen LogP contribution in [0.4, 0.5) is 10.5 Å². The van der Waals surface area contributed by atoms with Gasteiger partial charge in [-0.15, -0.1) is 0 Å². The van der Waals surface area contributed by atoms with E-state index in [1.807, 2.05) is 29.3 Å². The molecule has 5 rings (SSSR count). The molecule has 1 aliphatic heterocycles. The highest BCUT2D eigenvalue weighted by Crippen LogP contribution is 2.30. The normalized spacial score (nSPS) is 18.6. The number of anilines is 1. The molecule has 1 aromatic carbocycles. The third kappa shape index (κ3) is 2.93. The van der Waals surface area contributed by atoms with Crippen molar-refractivity contribution in [3.63, 3.8) is 0 Å². The highest BCUT2D eigenvalue weighted by molar-refractivity contribution is 5.89. The van der Waals surface area contributed by atoms with Gasteiger partial charge in [-0.2, -0.15) is 0 Å². The molecular formula is C22H25N5O. The number of pyridine rings is 1. The minimum Gasteiger partial charge on any atom is -0.324 e. The van der Waals surface area contributed by atoms with Gasteiger partial charge < -0.3 is 14.8 Å². The molecule has 28 heavy (non-hydrogen) atoms. The quantitative estimate of drug-likeness (QED) is 0.754. The van der Waals surface area contributed by atoms with Crippen molar-refractivity contribution >= 4 is 22.9 Å². The Bertz CT molecular complexity index is 1040. The molecule has 6 nitrogen and oxygen atoms in total. The molecule has 0 saturated carbocycles. The van der Waals surface area contributed by atoms with E-state index >= 15 is 0 Å². The maximum absolute atomic E-state index is 12.8. The summed E-state index contributed by atoms with van der Waals surface area (Å²) in [5.41, 5.74) is 5.56. The van der Waals surface area contributed by atoms with E-state index in [9.17, 15) is 4.79 Å². The number of aromatic nitrogens is 3. The number of aryl methyl sites for hydroxylation is 3. The van der Waals surface area contributed by atoms with E-state index < -0.39 is 0 Å². The minimum atomic E-state index is -0.0160. The Balaban J connectivity index is 1.31. The molecule has 1 saturated heterocycles. The fraction of sp³-hybridized carbons (Fsp3) is 0.409. The summed E-state index contributed by atoms with van der Waals surface area (Å²) in [6.45, 7) is 4.40. The van der Waals surface area contributed by atoms with E-state index in [-0.39, 0.29) is 11.9 Å². The van der Waals surface area contributed by atoms with Crippen LogP contribution in [0.5, 0.6) is 0 Å². The predicted octanol–water partition coefficient (Wildman–Crippen LogP) is 3.96. The zero-order valence-electron chi connectivity index (χ0n) is 16.2. The number of hydrogen-bond acceptors (Lipinski definition) is 3. The lowest BCUT2D eigenvalue weighted by atomic mass is 10.1. The smallest absolute Gasteiger partial charge is 0.321 e. The molecule has 6 heteroatoms. The van der Waals surface area contributed by atoms with Crippen molar-refractivity contribution in [2.24, 2.45) is 0 Å². The van der Waals surface area contributed by atoms with Gasteiger partial charge in [-0.3, -0.25) is 0 Å². The Morgan fingerprint density at radius 3 is 3.04 bits per heavy atom. The molecule has 1 fully saturated rings. The molecule has 2 aromatic heterocycles. The average Bonchev–Trinajstić information content (AvgIpc) is 3.44. The summed E-state index contributed by atoms with van der Waals surface area (Å²) < 4.78 is 2.18. The van der Waals surface area contributed by atoms with Crippen molar-refractivity contribution in [2.45, 2.75) is 45.1 Å². The summed E-state index contributed by atoms with van der Waals surface area (Å²) in [5.74, 6) is 1.30. The van der Waals surface area contributed by atoms with Crippen LogP contribution in [-0.4, -0.2) is 38.6 Å². The molecule has 1 aliphatic carbocycles. The molecule has 144 valence electrons. The number of benzene rings is 1. The van der Waals surface area contributed by atoms with Crippen LogP contribution < -0.4 is 5.32 Å². The van der Waals surface area contributed by atoms with Gasteiger partial charge in [0.1, 0.15) is 11.3 Å². The van der Waals surface area contributed by atoms with Gasteiger partial charge in [-0.05, 0) is 68.0 Å². The Kier molecular flexibility index (Phi) is 4.26. The van der Waals surface area contributed by atoms with E-state index in [2.05, 4.69) is 33.9 Å². The van der Waals surface area contributed by atoms with Gasteiger partial charge >= 0.3 is 6.03 Å². The lowest BCUT2D eigenvalue weighted by Crippen LogP contribution is -2.33. The first-order valence-electron chi connectivity index (χ1n) is 10.2. The third-order valence-electron chi connectivity index (χ3n) is 6.04. The molecule has 3 heterocycles. The van der Waals surface area contributed by atoms with Crippen LogP contribution in [0.25, 0.3) is 11.2 Å². The molecule has 0 radical (unpaired) electrons. The second-order valence-electron chi connectivity index (χ2n) is 7.76. The monoisotopic (exact) mass is 375 g/mol. The van der Waals surface area contributed by atoms with Crippen LogP contribution in [0, 0.1) is 0 Å². The molecular weight excluding hydrogens is 350 g/mol. The van der Waals surface area contributed by atoms with Gasteiger partial charge in [0.15, 0.2) is 5.65 Å². The zero-order chi connectivity index (χ0) is 19.1. The number of fused-ring (bicyclic) bond motifs is 2. The standard InChI is InChI=1S/C22H25N5O/c1-2-27-20(25-19-7-4-11-23-21(19)27)17-10-12-26(14-17)22(28)24-18-9-8-15-5-3-6-16(15)13-18/h4,7-9,11,13,17H,2-3,5-6,10,12,14H2,1H3,(H,24,28)/t17-/m1/s1. The van der Waals surface area contributed by atoms with E-state index in [4.69, 9.17) is 4.98 Å². The summed E-state index contributed by atoms with van der Waals surface area (Å²) in [6.07, 6.45) is 6.23. The van der Waals surface area contributed by atoms with Crippen molar-refractivity contribution in [1.82, 2.24) is 19.4 Å². The van der Waals surface area contributed by atoms with Crippen LogP contribution in [0.15, 0.2) is 36.5 Å². The summed E-state index contributed by atoms with van der Waals surface area (Å²) in [6, 6.07) is 10.2. The number of carbonyl (C=O) groups excluding carboxylic acids is 1. The number of hydrogen-bond donors (Lipinski definition) is 1. The topological polar surface area (TPSA) is 63.1 Å². The summed E-state index contributed by atoms with van der Waals surface area (Å²) in [7, 11) is 0. The van der Waals surface area contributed by atoms with Gasteiger partial charge in [0.2, 0.25) is 0 Å². The molecule has 0 unspecified atom stereocenters. The highest BCUT2D eigenvalue weighted by atomic mass is 16.2. The summed E-state index contributed by atoms with van der Waals surface area (Å²) >= 11 is 0. The van der Waals surface area contributed by atoms with Gasteiger partial charge in [0.25, 0.3) is 0 Å². The van der Waals surface area contributed by atoms with Gasteiger partial charge in [-0.1, -0.05) is 6.07 Å². The molecule has 2 aliphatic rings. The maximum atomic E-state index is 12.8. The number of urea groups is 1. The Hall–Kier alpha value is -2.89. The Labute approximate surface area is 164 Å². The first-order valence-corrected chi connectivity index (χ1v) is 10.2. The fourth-order valence-corrected chi connectivity index (χ4v) is 4.61. The lowest BCUT2D eigenvalue weighted by molar-refractivity contribution is 0.222. The predicted molar refractivity (Wildman–Crippen MR) is 110 cm³/mol. The fourth-order valence-electron chi connectivity index (χ4n) is 4.61. The molecule has 3 aromatic rings. The van der Waals surface area contributed by atoms with Crippen LogP contribution >= 0.6 is 0 Å². The number of nitrogens with zero attached hydrogens (tertiary/aromatic N) is 4. The van der Waals surface area contributed by atoms with Crippen molar-refractivity contribution in [1.29, 1.82) is 0 Å². The first-order chi connectivity index (χ1) is 13.7. The zero-order valence-corrected chi connectivity index (χ0v) is 16.2. The third-order valence-corrected chi connectivity index (χ3v) is 6.04. The number of rotatable bonds is 3. The second-order valence-corrected chi connectivity index (χ2v) is 7.76. The van der Waals surface area contributed by atoms with Crippen LogP contribution in [0.3, 0.4) is 0 Å².